The molecule has 154 valence electrons. The van der Waals surface area contributed by atoms with Crippen molar-refractivity contribution in [1.29, 1.82) is 0 Å². The predicted molar refractivity (Wildman–Crippen MR) is 115 cm³/mol. The molecule has 1 aliphatic carbocycles. The van der Waals surface area contributed by atoms with Crippen molar-refractivity contribution in [3.05, 3.63) is 64.8 Å². The van der Waals surface area contributed by atoms with Crippen LogP contribution in [0, 0.1) is 0 Å². The van der Waals surface area contributed by atoms with E-state index in [1.165, 1.54) is 17.7 Å². The molecule has 0 spiro atoms. The summed E-state index contributed by atoms with van der Waals surface area (Å²) < 4.78 is 1.37. The molecule has 1 aromatic heterocycles. The minimum absolute atomic E-state index is 0.0234. The van der Waals surface area contributed by atoms with E-state index in [4.69, 9.17) is 11.6 Å². The molecule has 3 N–H and O–H groups in total. The topological polar surface area (TPSA) is 96.3 Å². The van der Waals surface area contributed by atoms with E-state index in [2.05, 4.69) is 15.7 Å². The van der Waals surface area contributed by atoms with E-state index in [1.807, 2.05) is 24.3 Å². The SMILES string of the molecule is CC(=O)Nc1ccc(-c2cc(C3CC3)n(C(=O)NCc3ccccc3Cl)n2)c(O)c1. The van der Waals surface area contributed by atoms with Crippen molar-refractivity contribution in [2.75, 3.05) is 5.32 Å². The van der Waals surface area contributed by atoms with Crippen LogP contribution in [0.25, 0.3) is 11.3 Å². The summed E-state index contributed by atoms with van der Waals surface area (Å²) in [7, 11) is 0. The normalized spacial score (nSPS) is 13.1. The molecule has 0 unspecified atom stereocenters. The summed E-state index contributed by atoms with van der Waals surface area (Å²) in [5.74, 6) is 0.0282. The van der Waals surface area contributed by atoms with Crippen molar-refractivity contribution in [3.63, 3.8) is 0 Å². The van der Waals surface area contributed by atoms with Crippen molar-refractivity contribution in [2.45, 2.75) is 32.2 Å². The van der Waals surface area contributed by atoms with Gasteiger partial charge in [0.15, 0.2) is 0 Å². The summed E-state index contributed by atoms with van der Waals surface area (Å²) in [5.41, 5.74) is 3.11. The number of carbonyl (C=O) groups excluding carboxylic acids is 2. The summed E-state index contributed by atoms with van der Waals surface area (Å²) in [6, 6.07) is 13.6. The number of amides is 2. The van der Waals surface area contributed by atoms with Gasteiger partial charge in [-0.15, -0.1) is 0 Å². The quantitative estimate of drug-likeness (QED) is 0.561. The Balaban J connectivity index is 1.58. The molecule has 0 bridgehead atoms. The zero-order valence-corrected chi connectivity index (χ0v) is 17.1. The lowest BCUT2D eigenvalue weighted by atomic mass is 10.1. The van der Waals surface area contributed by atoms with Gasteiger partial charge in [0, 0.05) is 41.7 Å². The van der Waals surface area contributed by atoms with Crippen molar-refractivity contribution in [3.8, 4) is 17.0 Å². The highest BCUT2D eigenvalue weighted by molar-refractivity contribution is 6.31. The first-order valence-corrected chi connectivity index (χ1v) is 10.0. The molecule has 2 aromatic carbocycles. The highest BCUT2D eigenvalue weighted by Gasteiger charge is 2.30. The zero-order valence-electron chi connectivity index (χ0n) is 16.4. The largest absolute Gasteiger partial charge is 0.507 e. The number of anilines is 1. The smallest absolute Gasteiger partial charge is 0.342 e. The summed E-state index contributed by atoms with van der Waals surface area (Å²) in [6.45, 7) is 1.68. The number of nitrogens with one attached hydrogen (secondary N) is 2. The number of aromatic nitrogens is 2. The fraction of sp³-hybridized carbons (Fsp3) is 0.227. The number of phenolic OH excluding ortho intramolecular Hbond substituents is 1. The minimum atomic E-state index is -0.350. The Morgan fingerprint density at radius 3 is 2.63 bits per heavy atom. The molecule has 3 aromatic rings. The van der Waals surface area contributed by atoms with Gasteiger partial charge < -0.3 is 15.7 Å². The number of halogens is 1. The van der Waals surface area contributed by atoms with Gasteiger partial charge in [-0.2, -0.15) is 9.78 Å². The lowest BCUT2D eigenvalue weighted by Gasteiger charge is -2.09. The van der Waals surface area contributed by atoms with Gasteiger partial charge in [-0.05, 0) is 42.7 Å². The van der Waals surface area contributed by atoms with Gasteiger partial charge in [-0.3, -0.25) is 4.79 Å². The molecule has 1 fully saturated rings. The third-order valence-corrected chi connectivity index (χ3v) is 5.28. The number of hydrogen-bond donors (Lipinski definition) is 3. The second-order valence-electron chi connectivity index (χ2n) is 7.30. The standard InChI is InChI=1S/C22H21ClN4O3/c1-13(28)25-16-8-9-17(21(29)10-16)19-11-20(14-6-7-14)27(26-19)22(30)24-12-15-4-2-3-5-18(15)23/h2-5,8-11,14,29H,6-7,12H2,1H3,(H,24,30)(H,25,28). The lowest BCUT2D eigenvalue weighted by Crippen LogP contribution is -2.30. The average molecular weight is 425 g/mol. The van der Waals surface area contributed by atoms with Crippen LogP contribution >= 0.6 is 11.6 Å². The highest BCUT2D eigenvalue weighted by atomic mass is 35.5. The molecule has 1 aliphatic rings. The summed E-state index contributed by atoms with van der Waals surface area (Å²) in [6.07, 6.45) is 1.99. The molecule has 1 heterocycles. The van der Waals surface area contributed by atoms with E-state index in [9.17, 15) is 14.7 Å². The van der Waals surface area contributed by atoms with E-state index in [0.717, 1.165) is 24.1 Å². The number of phenols is 1. The summed E-state index contributed by atoms with van der Waals surface area (Å²) in [5, 5.41) is 20.9. The fourth-order valence-electron chi connectivity index (χ4n) is 3.28. The molecule has 2 amide bonds. The molecule has 0 radical (unpaired) electrons. The van der Waals surface area contributed by atoms with E-state index in [-0.39, 0.29) is 30.2 Å². The molecule has 0 atom stereocenters. The molecular formula is C22H21ClN4O3. The van der Waals surface area contributed by atoms with Crippen LogP contribution in [0.5, 0.6) is 5.75 Å². The van der Waals surface area contributed by atoms with Gasteiger partial charge in [0.1, 0.15) is 5.75 Å². The second kappa shape index (κ2) is 8.20. The van der Waals surface area contributed by atoms with Crippen LogP contribution in [-0.4, -0.2) is 26.8 Å². The van der Waals surface area contributed by atoms with E-state index < -0.39 is 0 Å². The molecule has 0 saturated heterocycles. The lowest BCUT2D eigenvalue weighted by molar-refractivity contribution is -0.114. The van der Waals surface area contributed by atoms with Crippen LogP contribution in [0.4, 0.5) is 10.5 Å². The van der Waals surface area contributed by atoms with Crippen molar-refractivity contribution in [1.82, 2.24) is 15.1 Å². The first-order valence-electron chi connectivity index (χ1n) is 9.65. The molecule has 30 heavy (non-hydrogen) atoms. The highest BCUT2D eigenvalue weighted by Crippen LogP contribution is 2.42. The van der Waals surface area contributed by atoms with E-state index in [1.54, 1.807) is 18.2 Å². The van der Waals surface area contributed by atoms with Crippen molar-refractivity contribution in [2.24, 2.45) is 0 Å². The first-order chi connectivity index (χ1) is 14.4. The minimum Gasteiger partial charge on any atom is -0.507 e. The van der Waals surface area contributed by atoms with Crippen LogP contribution in [-0.2, 0) is 11.3 Å². The Morgan fingerprint density at radius 1 is 1.20 bits per heavy atom. The monoisotopic (exact) mass is 424 g/mol. The van der Waals surface area contributed by atoms with Gasteiger partial charge in [-0.1, -0.05) is 29.8 Å². The Hall–Kier alpha value is -3.32. The van der Waals surface area contributed by atoms with E-state index in [0.29, 0.717) is 22.0 Å². The maximum atomic E-state index is 12.8. The molecule has 0 aliphatic heterocycles. The Morgan fingerprint density at radius 2 is 1.97 bits per heavy atom. The predicted octanol–water partition coefficient (Wildman–Crippen LogP) is 4.50. The molecule has 8 heteroatoms. The van der Waals surface area contributed by atoms with Gasteiger partial charge in [0.2, 0.25) is 5.91 Å². The number of benzene rings is 2. The number of aromatic hydroxyl groups is 1. The molecule has 4 rings (SSSR count). The molecule has 1 saturated carbocycles. The number of rotatable bonds is 5. The van der Waals surface area contributed by atoms with Crippen molar-refractivity contribution < 1.29 is 14.7 Å². The Kier molecular flexibility index (Phi) is 5.46. The van der Waals surface area contributed by atoms with Crippen molar-refractivity contribution >= 4 is 29.2 Å². The van der Waals surface area contributed by atoms with Crippen LogP contribution in [0.3, 0.4) is 0 Å². The van der Waals surface area contributed by atoms with Gasteiger partial charge in [0.25, 0.3) is 0 Å². The number of carbonyl (C=O) groups is 2. The Labute approximate surface area is 178 Å². The van der Waals surface area contributed by atoms with Crippen LogP contribution in [0.15, 0.2) is 48.5 Å². The van der Waals surface area contributed by atoms with Crippen LogP contribution in [0.1, 0.15) is 36.9 Å². The number of nitrogens with zero attached hydrogens (tertiary/aromatic N) is 2. The average Bonchev–Trinajstić information content (AvgIpc) is 3.45. The van der Waals surface area contributed by atoms with Gasteiger partial charge in [-0.25, -0.2) is 4.79 Å². The van der Waals surface area contributed by atoms with Crippen LogP contribution in [0.2, 0.25) is 5.02 Å². The Bertz CT molecular complexity index is 1120. The maximum absolute atomic E-state index is 12.8. The third-order valence-electron chi connectivity index (χ3n) is 4.91. The third kappa shape index (κ3) is 4.31. The maximum Gasteiger partial charge on any atom is 0.342 e. The van der Waals surface area contributed by atoms with Gasteiger partial charge in [0.05, 0.1) is 11.4 Å². The zero-order chi connectivity index (χ0) is 21.3. The summed E-state index contributed by atoms with van der Waals surface area (Å²) in [4.78, 5) is 24.0. The van der Waals surface area contributed by atoms with E-state index >= 15 is 0 Å². The fourth-order valence-corrected chi connectivity index (χ4v) is 3.48. The first kappa shape index (κ1) is 20.0. The molecular weight excluding hydrogens is 404 g/mol. The van der Waals surface area contributed by atoms with Crippen LogP contribution < -0.4 is 10.6 Å². The van der Waals surface area contributed by atoms with Gasteiger partial charge >= 0.3 is 6.03 Å². The second-order valence-corrected chi connectivity index (χ2v) is 7.71. The number of hydrogen-bond acceptors (Lipinski definition) is 4. The summed E-state index contributed by atoms with van der Waals surface area (Å²) >= 11 is 6.16. The molecule has 7 nitrogen and oxygen atoms in total.